The van der Waals surface area contributed by atoms with E-state index in [1.54, 1.807) is 24.4 Å². The molecule has 24 heavy (non-hydrogen) atoms. The van der Waals surface area contributed by atoms with E-state index in [2.05, 4.69) is 31.5 Å². The molecule has 0 aliphatic rings. The highest BCUT2D eigenvalue weighted by molar-refractivity contribution is 9.10. The minimum Gasteiger partial charge on any atom is -0.353 e. The predicted octanol–water partition coefficient (Wildman–Crippen LogP) is 5.15. The summed E-state index contributed by atoms with van der Waals surface area (Å²) < 4.78 is 0.974. The van der Waals surface area contributed by atoms with Crippen LogP contribution in [-0.2, 0) is 0 Å². The summed E-state index contributed by atoms with van der Waals surface area (Å²) in [6, 6.07) is 18.9. The second-order valence-corrected chi connectivity index (χ2v) is 6.21. The molecule has 1 aromatic heterocycles. The third kappa shape index (κ3) is 4.00. The molecule has 0 aliphatic carbocycles. The molecule has 0 aliphatic heterocycles. The highest BCUT2D eigenvalue weighted by Gasteiger charge is 2.06. The Kier molecular flexibility index (Phi) is 4.91. The second-order valence-electron chi connectivity index (χ2n) is 5.36. The van der Waals surface area contributed by atoms with Gasteiger partial charge >= 0.3 is 0 Å². The molecule has 4 nitrogen and oxygen atoms in total. The number of nitrogens with one attached hydrogen (secondary N) is 2. The number of benzene rings is 2. The van der Waals surface area contributed by atoms with E-state index in [1.807, 2.05) is 49.4 Å². The lowest BCUT2D eigenvalue weighted by atomic mass is 10.1. The van der Waals surface area contributed by atoms with Gasteiger partial charge in [-0.1, -0.05) is 29.8 Å². The first kappa shape index (κ1) is 16.2. The average Bonchev–Trinajstić information content (AvgIpc) is 2.59. The van der Waals surface area contributed by atoms with Crippen molar-refractivity contribution >= 4 is 39.0 Å². The number of aromatic nitrogens is 1. The first-order chi connectivity index (χ1) is 11.6. The van der Waals surface area contributed by atoms with E-state index >= 15 is 0 Å². The zero-order valence-corrected chi connectivity index (χ0v) is 14.7. The van der Waals surface area contributed by atoms with E-state index in [0.29, 0.717) is 11.4 Å². The van der Waals surface area contributed by atoms with E-state index in [4.69, 9.17) is 0 Å². The quantitative estimate of drug-likeness (QED) is 0.656. The Morgan fingerprint density at radius 2 is 1.75 bits per heavy atom. The molecule has 0 atom stereocenters. The van der Waals surface area contributed by atoms with Crippen molar-refractivity contribution in [2.75, 3.05) is 10.6 Å². The molecule has 2 N–H and O–H groups in total. The van der Waals surface area contributed by atoms with Crippen LogP contribution in [0, 0.1) is 6.92 Å². The van der Waals surface area contributed by atoms with Crippen LogP contribution in [0.15, 0.2) is 71.3 Å². The SMILES string of the molecule is Cc1ccc(C(=O)Nc2ccc(Nc3ccccc3Br)cn2)cc1. The molecule has 3 aromatic rings. The normalized spacial score (nSPS) is 10.2. The molecule has 0 bridgehead atoms. The second kappa shape index (κ2) is 7.27. The number of amides is 1. The first-order valence-corrected chi connectivity index (χ1v) is 8.27. The fourth-order valence-electron chi connectivity index (χ4n) is 2.15. The van der Waals surface area contributed by atoms with E-state index in [0.717, 1.165) is 21.4 Å². The van der Waals surface area contributed by atoms with E-state index in [-0.39, 0.29) is 5.91 Å². The lowest BCUT2D eigenvalue weighted by Crippen LogP contribution is -2.12. The maximum atomic E-state index is 12.2. The smallest absolute Gasteiger partial charge is 0.256 e. The average molecular weight is 382 g/mol. The van der Waals surface area contributed by atoms with Crippen LogP contribution in [0.25, 0.3) is 0 Å². The lowest BCUT2D eigenvalue weighted by Gasteiger charge is -2.09. The van der Waals surface area contributed by atoms with Gasteiger partial charge in [0.15, 0.2) is 0 Å². The Morgan fingerprint density at radius 1 is 1.00 bits per heavy atom. The van der Waals surface area contributed by atoms with Crippen LogP contribution in [-0.4, -0.2) is 10.9 Å². The maximum Gasteiger partial charge on any atom is 0.256 e. The number of rotatable bonds is 4. The zero-order valence-electron chi connectivity index (χ0n) is 13.1. The molecule has 0 spiro atoms. The molecular weight excluding hydrogens is 366 g/mol. The van der Waals surface area contributed by atoms with Gasteiger partial charge in [-0.25, -0.2) is 4.98 Å². The molecule has 0 saturated carbocycles. The van der Waals surface area contributed by atoms with Crippen molar-refractivity contribution in [3.8, 4) is 0 Å². The summed E-state index contributed by atoms with van der Waals surface area (Å²) in [6.45, 7) is 1.99. The van der Waals surface area contributed by atoms with Crippen LogP contribution in [0.1, 0.15) is 15.9 Å². The third-order valence-corrected chi connectivity index (χ3v) is 4.16. The van der Waals surface area contributed by atoms with E-state index in [9.17, 15) is 4.79 Å². The number of hydrogen-bond donors (Lipinski definition) is 2. The van der Waals surface area contributed by atoms with Gasteiger partial charge in [0.2, 0.25) is 0 Å². The highest BCUT2D eigenvalue weighted by atomic mass is 79.9. The number of pyridine rings is 1. The van der Waals surface area contributed by atoms with Crippen LogP contribution in [0.3, 0.4) is 0 Å². The number of carbonyl (C=O) groups excluding carboxylic acids is 1. The van der Waals surface area contributed by atoms with Gasteiger partial charge in [0, 0.05) is 10.0 Å². The number of aryl methyl sites for hydroxylation is 1. The van der Waals surface area contributed by atoms with Crippen LogP contribution in [0.2, 0.25) is 0 Å². The topological polar surface area (TPSA) is 54.0 Å². The van der Waals surface area contributed by atoms with Gasteiger partial charge < -0.3 is 10.6 Å². The molecule has 0 radical (unpaired) electrons. The van der Waals surface area contributed by atoms with Gasteiger partial charge in [-0.15, -0.1) is 0 Å². The largest absolute Gasteiger partial charge is 0.353 e. The van der Waals surface area contributed by atoms with Crippen molar-refractivity contribution in [2.45, 2.75) is 6.92 Å². The summed E-state index contributed by atoms with van der Waals surface area (Å²) in [4.78, 5) is 16.5. The summed E-state index contributed by atoms with van der Waals surface area (Å²) in [7, 11) is 0. The monoisotopic (exact) mass is 381 g/mol. The molecule has 1 heterocycles. The molecular formula is C19H16BrN3O. The van der Waals surface area contributed by atoms with Crippen molar-refractivity contribution in [2.24, 2.45) is 0 Å². The number of hydrogen-bond acceptors (Lipinski definition) is 3. The number of para-hydroxylation sites is 1. The minimum atomic E-state index is -0.172. The number of halogens is 1. The third-order valence-electron chi connectivity index (χ3n) is 3.47. The van der Waals surface area contributed by atoms with Crippen molar-refractivity contribution in [3.63, 3.8) is 0 Å². The van der Waals surface area contributed by atoms with Gasteiger partial charge in [-0.3, -0.25) is 4.79 Å². The van der Waals surface area contributed by atoms with Gasteiger partial charge in [-0.2, -0.15) is 0 Å². The Hall–Kier alpha value is -2.66. The molecule has 1 amide bonds. The molecule has 5 heteroatoms. The van der Waals surface area contributed by atoms with Gasteiger partial charge in [0.1, 0.15) is 5.82 Å². The van der Waals surface area contributed by atoms with Gasteiger partial charge in [0.05, 0.1) is 17.6 Å². The molecule has 0 unspecified atom stereocenters. The number of anilines is 3. The van der Waals surface area contributed by atoms with Crippen molar-refractivity contribution in [1.82, 2.24) is 4.98 Å². The van der Waals surface area contributed by atoms with E-state index < -0.39 is 0 Å². The summed E-state index contributed by atoms with van der Waals surface area (Å²) in [5.41, 5.74) is 3.52. The fourth-order valence-corrected chi connectivity index (χ4v) is 2.54. The minimum absolute atomic E-state index is 0.172. The number of carbonyl (C=O) groups is 1. The van der Waals surface area contributed by atoms with Crippen LogP contribution < -0.4 is 10.6 Å². The van der Waals surface area contributed by atoms with Crippen molar-refractivity contribution < 1.29 is 4.79 Å². The molecule has 2 aromatic carbocycles. The van der Waals surface area contributed by atoms with Crippen molar-refractivity contribution in [3.05, 3.63) is 82.5 Å². The van der Waals surface area contributed by atoms with Crippen molar-refractivity contribution in [1.29, 1.82) is 0 Å². The Bertz CT molecular complexity index is 845. The maximum absolute atomic E-state index is 12.2. The lowest BCUT2D eigenvalue weighted by molar-refractivity contribution is 0.102. The summed E-state index contributed by atoms with van der Waals surface area (Å²) in [5, 5.41) is 6.06. The molecule has 0 fully saturated rings. The summed E-state index contributed by atoms with van der Waals surface area (Å²) in [5.74, 6) is 0.340. The van der Waals surface area contributed by atoms with Crippen LogP contribution in [0.5, 0.6) is 0 Å². The van der Waals surface area contributed by atoms with Crippen LogP contribution in [0.4, 0.5) is 17.2 Å². The predicted molar refractivity (Wildman–Crippen MR) is 101 cm³/mol. The molecule has 3 rings (SSSR count). The highest BCUT2D eigenvalue weighted by Crippen LogP contribution is 2.25. The van der Waals surface area contributed by atoms with E-state index in [1.165, 1.54) is 0 Å². The Balaban J connectivity index is 1.67. The number of nitrogens with zero attached hydrogens (tertiary/aromatic N) is 1. The fraction of sp³-hybridized carbons (Fsp3) is 0.0526. The zero-order chi connectivity index (χ0) is 16.9. The summed E-state index contributed by atoms with van der Waals surface area (Å²) >= 11 is 3.49. The Morgan fingerprint density at radius 3 is 2.42 bits per heavy atom. The summed E-state index contributed by atoms with van der Waals surface area (Å²) in [6.07, 6.45) is 1.68. The Labute approximate surface area is 149 Å². The van der Waals surface area contributed by atoms with Crippen LogP contribution >= 0.6 is 15.9 Å². The molecule has 0 saturated heterocycles. The first-order valence-electron chi connectivity index (χ1n) is 7.47. The van der Waals surface area contributed by atoms with Gasteiger partial charge in [-0.05, 0) is 59.3 Å². The van der Waals surface area contributed by atoms with Gasteiger partial charge in [0.25, 0.3) is 5.91 Å². The molecule has 120 valence electrons. The standard InChI is InChI=1S/C19H16BrN3O/c1-13-6-8-14(9-7-13)19(24)23-18-11-10-15(12-21-18)22-17-5-3-2-4-16(17)20/h2-12,22H,1H3,(H,21,23,24).